The van der Waals surface area contributed by atoms with E-state index in [-0.39, 0.29) is 54.8 Å². The minimum absolute atomic E-state index is 0.0251. The van der Waals surface area contributed by atoms with E-state index < -0.39 is 29.4 Å². The van der Waals surface area contributed by atoms with E-state index in [2.05, 4.69) is 4.85 Å². The van der Waals surface area contributed by atoms with Gasteiger partial charge >= 0.3 is 29.8 Å². The molecule has 0 saturated heterocycles. The summed E-state index contributed by atoms with van der Waals surface area (Å²) in [5.41, 5.74) is 0.830. The lowest BCUT2D eigenvalue weighted by Crippen LogP contribution is -2.42. The van der Waals surface area contributed by atoms with Crippen LogP contribution in [0.2, 0.25) is 0 Å². The summed E-state index contributed by atoms with van der Waals surface area (Å²) in [6.45, 7) is 12.6. The average molecular weight is 548 g/mol. The zero-order valence-corrected chi connectivity index (χ0v) is 22.3. The molecule has 1 aliphatic heterocycles. The number of nitrogens with zero attached hydrogens (tertiary/aromatic N) is 4. The molecule has 0 radical (unpaired) electrons. The van der Waals surface area contributed by atoms with E-state index in [1.165, 1.54) is 24.3 Å². The van der Waals surface area contributed by atoms with Gasteiger partial charge in [-0.3, -0.25) is 14.2 Å². The number of aromatic hydroxyl groups is 1. The van der Waals surface area contributed by atoms with Gasteiger partial charge in [-0.25, -0.2) is 21.0 Å². The van der Waals surface area contributed by atoms with E-state index in [1.807, 2.05) is 6.07 Å². The third-order valence-corrected chi connectivity index (χ3v) is 6.75. The Morgan fingerprint density at radius 1 is 1.07 bits per heavy atom. The number of esters is 2. The number of hydrogen-bond donors (Lipinski definition) is 2. The fraction of sp³-hybridized carbons (Fsp3) is 0.321. The highest BCUT2D eigenvalue weighted by atomic mass is 16.5. The summed E-state index contributed by atoms with van der Waals surface area (Å²) in [7, 11) is 0. The van der Waals surface area contributed by atoms with E-state index in [1.54, 1.807) is 27.7 Å². The third-order valence-electron chi connectivity index (χ3n) is 6.75. The molecule has 0 fully saturated rings. The van der Waals surface area contributed by atoms with Crippen molar-refractivity contribution in [2.24, 2.45) is 0 Å². The van der Waals surface area contributed by atoms with Crippen molar-refractivity contribution in [3.63, 3.8) is 0 Å². The molecular weight excluding hydrogens is 520 g/mol. The lowest BCUT2D eigenvalue weighted by atomic mass is 9.99. The lowest BCUT2D eigenvalue weighted by Gasteiger charge is -2.14. The van der Waals surface area contributed by atoms with E-state index in [4.69, 9.17) is 16.0 Å². The standard InChI is InChI=1S/C28H26N4O8/c1-15-17(3)23(33)31(25(35)21(15)14-29)9-11-39-27(37)19-7-6-8-20(13-19)28(38)40-12-10-32-24(34)18(4)16(2)22(30-5)26(32)36/h6-8,13,22H,9-12H2,1-4H3,(H,33,35)/p+1. The van der Waals surface area contributed by atoms with Crippen molar-refractivity contribution in [1.82, 2.24) is 4.57 Å². The van der Waals surface area contributed by atoms with Crippen LogP contribution in [0.25, 0.3) is 4.85 Å². The number of amides is 1. The van der Waals surface area contributed by atoms with Gasteiger partial charge in [0.1, 0.15) is 18.2 Å². The second kappa shape index (κ2) is 12.1. The molecule has 0 aliphatic carbocycles. The first-order chi connectivity index (χ1) is 18.9. The molecule has 0 spiro atoms. The maximum atomic E-state index is 12.6. The Balaban J connectivity index is 1.63. The molecule has 2 heterocycles. The Labute approximate surface area is 229 Å². The predicted molar refractivity (Wildman–Crippen MR) is 140 cm³/mol. The number of aliphatic hydroxyl groups is 1. The molecule has 40 heavy (non-hydrogen) atoms. The van der Waals surface area contributed by atoms with E-state index in [0.29, 0.717) is 22.3 Å². The fourth-order valence-electron chi connectivity index (χ4n) is 4.08. The van der Waals surface area contributed by atoms with Gasteiger partial charge in [-0.1, -0.05) is 6.07 Å². The number of carbonyl (C=O) groups excluding carboxylic acids is 3. The quantitative estimate of drug-likeness (QED) is 0.286. The van der Waals surface area contributed by atoms with Crippen LogP contribution in [0.5, 0.6) is 5.88 Å². The van der Waals surface area contributed by atoms with Crippen LogP contribution in [0.3, 0.4) is 0 Å². The summed E-state index contributed by atoms with van der Waals surface area (Å²) in [5, 5.41) is 29.9. The highest BCUT2D eigenvalue weighted by Gasteiger charge is 2.44. The van der Waals surface area contributed by atoms with Crippen molar-refractivity contribution in [2.75, 3.05) is 19.8 Å². The number of pyridine rings is 1. The zero-order chi connectivity index (χ0) is 29.7. The van der Waals surface area contributed by atoms with Crippen molar-refractivity contribution in [2.45, 2.75) is 40.3 Å². The van der Waals surface area contributed by atoms with Gasteiger partial charge in [0.15, 0.2) is 19.0 Å². The molecule has 2 N–H and O–H groups in total. The Morgan fingerprint density at radius 3 is 2.25 bits per heavy atom. The van der Waals surface area contributed by atoms with Gasteiger partial charge in [0, 0.05) is 11.1 Å². The number of nitriles is 1. The van der Waals surface area contributed by atoms with E-state index in [0.717, 1.165) is 9.14 Å². The van der Waals surface area contributed by atoms with Crippen LogP contribution in [0, 0.1) is 31.8 Å². The van der Waals surface area contributed by atoms with Gasteiger partial charge in [0.05, 0.1) is 23.2 Å². The summed E-state index contributed by atoms with van der Waals surface area (Å²) >= 11 is 0. The van der Waals surface area contributed by atoms with Gasteiger partial charge < -0.3 is 19.7 Å². The number of carbonyl (C=O) groups is 3. The highest BCUT2D eigenvalue weighted by Crippen LogP contribution is 2.21. The SMILES string of the molecule is [C-]#[N+]C1C(=O)[N+](CCOC(=O)c2cccc(C(=O)OCCn3c(O)c(C)c(C)c(C#N)c3=O)c2)=C(O)C(C)=C1C. The number of aromatic nitrogens is 1. The molecule has 0 bridgehead atoms. The average Bonchev–Trinajstić information content (AvgIpc) is 2.94. The normalized spacial score (nSPS) is 14.9. The maximum Gasteiger partial charge on any atom is 0.477 e. The fourth-order valence-corrected chi connectivity index (χ4v) is 4.08. The minimum Gasteiger partial charge on any atom is -0.494 e. The number of ether oxygens (including phenoxy) is 2. The molecule has 0 saturated carbocycles. The molecule has 1 aromatic heterocycles. The first-order valence-corrected chi connectivity index (χ1v) is 12.1. The second-order valence-electron chi connectivity index (χ2n) is 9.02. The molecule has 12 heteroatoms. The summed E-state index contributed by atoms with van der Waals surface area (Å²) in [6.07, 6.45) is 0. The topological polar surface area (TPSA) is 163 Å². The smallest absolute Gasteiger partial charge is 0.477 e. The molecule has 12 nitrogen and oxygen atoms in total. The Bertz CT molecular complexity index is 1620. The lowest BCUT2D eigenvalue weighted by molar-refractivity contribution is -0.460. The van der Waals surface area contributed by atoms with Gasteiger partial charge in [-0.05, 0) is 51.5 Å². The van der Waals surface area contributed by atoms with Crippen molar-refractivity contribution in [3.05, 3.63) is 85.0 Å². The van der Waals surface area contributed by atoms with Crippen LogP contribution in [0.15, 0.2) is 40.2 Å². The molecule has 2 aromatic rings. The first kappa shape index (κ1) is 29.3. The van der Waals surface area contributed by atoms with Crippen molar-refractivity contribution in [3.8, 4) is 11.9 Å². The highest BCUT2D eigenvalue weighted by molar-refractivity contribution is 5.98. The molecule has 1 atom stereocenters. The summed E-state index contributed by atoms with van der Waals surface area (Å²) in [5.74, 6) is -2.84. The van der Waals surface area contributed by atoms with Crippen molar-refractivity contribution < 1.29 is 38.6 Å². The first-order valence-electron chi connectivity index (χ1n) is 12.1. The molecule has 3 rings (SSSR count). The second-order valence-corrected chi connectivity index (χ2v) is 9.02. The van der Waals surface area contributed by atoms with Crippen LogP contribution in [-0.4, -0.2) is 68.9 Å². The van der Waals surface area contributed by atoms with Crippen LogP contribution in [-0.2, 0) is 20.8 Å². The number of benzene rings is 1. The minimum atomic E-state index is -1.06. The summed E-state index contributed by atoms with van der Waals surface area (Å²) in [6, 6.07) is 6.28. The Morgan fingerprint density at radius 2 is 1.68 bits per heavy atom. The summed E-state index contributed by atoms with van der Waals surface area (Å²) in [4.78, 5) is 53.4. The molecular formula is C28H27N4O8+. The molecule has 1 aliphatic rings. The van der Waals surface area contributed by atoms with Crippen molar-refractivity contribution >= 4 is 23.7 Å². The van der Waals surface area contributed by atoms with Crippen molar-refractivity contribution in [1.29, 1.82) is 5.26 Å². The van der Waals surface area contributed by atoms with Crippen LogP contribution in [0.1, 0.15) is 51.3 Å². The predicted octanol–water partition coefficient (Wildman–Crippen LogP) is 2.19. The van der Waals surface area contributed by atoms with Gasteiger partial charge in [-0.2, -0.15) is 5.26 Å². The largest absolute Gasteiger partial charge is 0.494 e. The molecule has 1 aromatic carbocycles. The molecule has 1 unspecified atom stereocenters. The summed E-state index contributed by atoms with van der Waals surface area (Å²) < 4.78 is 12.3. The molecule has 1 amide bonds. The number of aliphatic hydroxyl groups excluding tert-OH is 1. The van der Waals surface area contributed by atoms with Crippen LogP contribution >= 0.6 is 0 Å². The zero-order valence-electron chi connectivity index (χ0n) is 22.3. The number of rotatable bonds is 8. The Kier molecular flexibility index (Phi) is 8.86. The molecule has 206 valence electrons. The van der Waals surface area contributed by atoms with E-state index >= 15 is 0 Å². The van der Waals surface area contributed by atoms with Gasteiger partial charge in [0.25, 0.3) is 5.56 Å². The van der Waals surface area contributed by atoms with Gasteiger partial charge in [0.2, 0.25) is 0 Å². The van der Waals surface area contributed by atoms with E-state index in [9.17, 15) is 34.7 Å². The number of hydrogen-bond acceptors (Lipinski definition) is 8. The third kappa shape index (κ3) is 5.61. The monoisotopic (exact) mass is 547 g/mol. The van der Waals surface area contributed by atoms with Crippen LogP contribution < -0.4 is 5.56 Å². The maximum absolute atomic E-state index is 12.6. The Hall–Kier alpha value is -5.23. The van der Waals surface area contributed by atoms with Crippen LogP contribution in [0.4, 0.5) is 0 Å². The van der Waals surface area contributed by atoms with Gasteiger partial charge in [-0.15, -0.1) is 4.58 Å².